The highest BCUT2D eigenvalue weighted by molar-refractivity contribution is 7.99. The number of hydrogen-bond donors (Lipinski definition) is 2. The minimum Gasteiger partial charge on any atom is -0.325 e. The van der Waals surface area contributed by atoms with Crippen molar-refractivity contribution in [2.45, 2.75) is 24.9 Å². The van der Waals surface area contributed by atoms with Crippen LogP contribution in [0.15, 0.2) is 40.3 Å². The molecule has 0 aliphatic heterocycles. The first-order valence-electron chi connectivity index (χ1n) is 7.72. The van der Waals surface area contributed by atoms with E-state index in [1.54, 1.807) is 28.7 Å². The van der Waals surface area contributed by atoms with Crippen molar-refractivity contribution in [2.24, 2.45) is 0 Å². The first-order valence-corrected chi connectivity index (χ1v) is 9.08. The smallest absolute Gasteiger partial charge is 0.252 e. The fourth-order valence-electron chi connectivity index (χ4n) is 2.40. The van der Waals surface area contributed by atoms with Gasteiger partial charge in [0.25, 0.3) is 5.56 Å². The summed E-state index contributed by atoms with van der Waals surface area (Å²) in [6.07, 6.45) is 1.61. The lowest BCUT2D eigenvalue weighted by Gasteiger charge is -2.07. The molecule has 0 aliphatic rings. The molecule has 0 radical (unpaired) electrons. The van der Waals surface area contributed by atoms with E-state index in [-0.39, 0.29) is 17.2 Å². The zero-order chi connectivity index (χ0) is 17.8. The number of benzene rings is 1. The van der Waals surface area contributed by atoms with Crippen LogP contribution < -0.4 is 10.9 Å². The van der Waals surface area contributed by atoms with Crippen LogP contribution in [0.25, 0.3) is 5.78 Å². The van der Waals surface area contributed by atoms with Gasteiger partial charge in [-0.3, -0.25) is 19.0 Å². The van der Waals surface area contributed by atoms with Gasteiger partial charge in [-0.05, 0) is 24.6 Å². The molecule has 7 nitrogen and oxygen atoms in total. The van der Waals surface area contributed by atoms with E-state index in [0.717, 1.165) is 18.5 Å². The van der Waals surface area contributed by atoms with Crippen molar-refractivity contribution in [3.05, 3.63) is 51.4 Å². The molecule has 0 fully saturated rings. The number of rotatable bonds is 6. The lowest BCUT2D eigenvalue weighted by atomic mass is 10.2. The predicted octanol–water partition coefficient (Wildman–Crippen LogP) is 2.75. The number of anilines is 1. The van der Waals surface area contributed by atoms with E-state index in [9.17, 15) is 9.59 Å². The van der Waals surface area contributed by atoms with E-state index >= 15 is 0 Å². The van der Waals surface area contributed by atoms with Crippen LogP contribution in [-0.2, 0) is 11.2 Å². The molecular formula is C16H16ClN5O2S. The number of halogens is 1. The van der Waals surface area contributed by atoms with Gasteiger partial charge in [-0.15, -0.1) is 10.2 Å². The number of amides is 1. The largest absolute Gasteiger partial charge is 0.325 e. The van der Waals surface area contributed by atoms with E-state index < -0.39 is 0 Å². The maximum absolute atomic E-state index is 12.1. The van der Waals surface area contributed by atoms with Crippen molar-refractivity contribution in [1.82, 2.24) is 19.6 Å². The van der Waals surface area contributed by atoms with E-state index in [2.05, 4.69) is 20.5 Å². The summed E-state index contributed by atoms with van der Waals surface area (Å²) in [6, 6.07) is 8.50. The fraction of sp³-hybridized carbons (Fsp3) is 0.250. The first-order chi connectivity index (χ1) is 12.1. The lowest BCUT2D eigenvalue weighted by Crippen LogP contribution is -2.15. The topological polar surface area (TPSA) is 92.2 Å². The minimum absolute atomic E-state index is 0.165. The zero-order valence-electron chi connectivity index (χ0n) is 13.5. The number of nitrogens with one attached hydrogen (secondary N) is 2. The molecule has 0 bridgehead atoms. The summed E-state index contributed by atoms with van der Waals surface area (Å²) in [5.41, 5.74) is 1.25. The average molecular weight is 378 g/mol. The number of carbonyl (C=O) groups is 1. The Balaban J connectivity index is 1.74. The van der Waals surface area contributed by atoms with Crippen molar-refractivity contribution in [1.29, 1.82) is 0 Å². The molecule has 2 aromatic heterocycles. The summed E-state index contributed by atoms with van der Waals surface area (Å²) in [6.45, 7) is 2.03. The van der Waals surface area contributed by atoms with Crippen LogP contribution in [0.5, 0.6) is 0 Å². The third kappa shape index (κ3) is 4.21. The Kier molecular flexibility index (Phi) is 5.40. The molecule has 0 unspecified atom stereocenters. The number of carbonyl (C=O) groups excluding carboxylic acids is 1. The second-order valence-electron chi connectivity index (χ2n) is 5.36. The van der Waals surface area contributed by atoms with Gasteiger partial charge in [-0.2, -0.15) is 0 Å². The van der Waals surface area contributed by atoms with Crippen molar-refractivity contribution in [2.75, 3.05) is 11.1 Å². The monoisotopic (exact) mass is 377 g/mol. The average Bonchev–Trinajstić information content (AvgIpc) is 2.96. The Hall–Kier alpha value is -2.32. The van der Waals surface area contributed by atoms with Crippen LogP contribution in [0.4, 0.5) is 5.69 Å². The number of H-pyrrole nitrogens is 1. The molecule has 9 heteroatoms. The molecule has 0 spiro atoms. The van der Waals surface area contributed by atoms with Gasteiger partial charge in [0, 0.05) is 22.5 Å². The molecule has 3 rings (SSSR count). The van der Waals surface area contributed by atoms with E-state index in [1.807, 2.05) is 6.92 Å². The second-order valence-corrected chi connectivity index (χ2v) is 6.74. The zero-order valence-corrected chi connectivity index (χ0v) is 15.0. The summed E-state index contributed by atoms with van der Waals surface area (Å²) < 4.78 is 1.78. The molecule has 130 valence electrons. The maximum atomic E-state index is 12.1. The van der Waals surface area contributed by atoms with E-state index in [1.165, 1.54) is 17.8 Å². The first kappa shape index (κ1) is 17.5. The van der Waals surface area contributed by atoms with Gasteiger partial charge in [-0.25, -0.2) is 0 Å². The normalized spacial score (nSPS) is 11.0. The molecule has 1 amide bonds. The SMILES string of the molecule is CCCc1cc(=O)[nH]c2nnc(SCC(=O)Nc3cccc(Cl)c3)n12. The highest BCUT2D eigenvalue weighted by Crippen LogP contribution is 2.19. The van der Waals surface area contributed by atoms with Gasteiger partial charge in [0.05, 0.1) is 5.75 Å². The Bertz CT molecular complexity index is 969. The number of nitrogens with zero attached hydrogens (tertiary/aromatic N) is 3. The van der Waals surface area contributed by atoms with Crippen LogP contribution in [0.1, 0.15) is 19.0 Å². The van der Waals surface area contributed by atoms with Crippen molar-refractivity contribution >= 4 is 40.7 Å². The third-order valence-corrected chi connectivity index (χ3v) is 4.56. The second kappa shape index (κ2) is 7.71. The summed E-state index contributed by atoms with van der Waals surface area (Å²) in [7, 11) is 0. The van der Waals surface area contributed by atoms with Gasteiger partial charge in [0.2, 0.25) is 11.7 Å². The molecular weight excluding hydrogens is 362 g/mol. The molecule has 3 aromatic rings. The number of thioether (sulfide) groups is 1. The van der Waals surface area contributed by atoms with Gasteiger partial charge < -0.3 is 5.32 Å². The summed E-state index contributed by atoms with van der Waals surface area (Å²) >= 11 is 7.16. The van der Waals surface area contributed by atoms with E-state index in [4.69, 9.17) is 11.6 Å². The van der Waals surface area contributed by atoms with Crippen molar-refractivity contribution < 1.29 is 4.79 Å². The molecule has 0 saturated carbocycles. The highest BCUT2D eigenvalue weighted by Gasteiger charge is 2.13. The number of aromatic nitrogens is 4. The summed E-state index contributed by atoms with van der Waals surface area (Å²) in [5.74, 6) is 0.372. The fourth-order valence-corrected chi connectivity index (χ4v) is 3.35. The van der Waals surface area contributed by atoms with Gasteiger partial charge in [0.1, 0.15) is 0 Å². The van der Waals surface area contributed by atoms with Crippen molar-refractivity contribution in [3.63, 3.8) is 0 Å². The molecule has 0 atom stereocenters. The van der Waals surface area contributed by atoms with Crippen LogP contribution in [-0.4, -0.2) is 31.2 Å². The standard InChI is InChI=1S/C16H16ClN5O2S/c1-2-4-12-8-13(23)19-15-20-21-16(22(12)15)25-9-14(24)18-11-6-3-5-10(17)7-11/h3,5-8H,2,4,9H2,1H3,(H,18,24)(H,19,20,23). The third-order valence-electron chi connectivity index (χ3n) is 3.40. The number of aryl methyl sites for hydroxylation is 1. The highest BCUT2D eigenvalue weighted by atomic mass is 35.5. The summed E-state index contributed by atoms with van der Waals surface area (Å²) in [4.78, 5) is 26.4. The number of hydrogen-bond acceptors (Lipinski definition) is 5. The quantitative estimate of drug-likeness (QED) is 0.644. The van der Waals surface area contributed by atoms with Gasteiger partial charge >= 0.3 is 0 Å². The lowest BCUT2D eigenvalue weighted by molar-refractivity contribution is -0.113. The Labute approximate surface area is 152 Å². The Morgan fingerprint density at radius 3 is 2.96 bits per heavy atom. The molecule has 2 N–H and O–H groups in total. The number of fused-ring (bicyclic) bond motifs is 1. The van der Waals surface area contributed by atoms with Crippen LogP contribution in [0, 0.1) is 0 Å². The maximum Gasteiger partial charge on any atom is 0.252 e. The van der Waals surface area contributed by atoms with E-state index in [0.29, 0.717) is 21.6 Å². The van der Waals surface area contributed by atoms with Gasteiger partial charge in [-0.1, -0.05) is 42.8 Å². The predicted molar refractivity (Wildman–Crippen MR) is 98.4 cm³/mol. The molecule has 1 aromatic carbocycles. The van der Waals surface area contributed by atoms with Crippen molar-refractivity contribution in [3.8, 4) is 0 Å². The van der Waals surface area contributed by atoms with Crippen LogP contribution in [0.2, 0.25) is 5.02 Å². The molecule has 0 aliphatic carbocycles. The molecule has 25 heavy (non-hydrogen) atoms. The molecule has 2 heterocycles. The van der Waals surface area contributed by atoms with Gasteiger partial charge in [0.15, 0.2) is 5.16 Å². The van der Waals surface area contributed by atoms with Crippen LogP contribution in [0.3, 0.4) is 0 Å². The Morgan fingerprint density at radius 1 is 1.36 bits per heavy atom. The minimum atomic E-state index is -0.210. The Morgan fingerprint density at radius 2 is 2.20 bits per heavy atom. The molecule has 0 saturated heterocycles. The number of aromatic amines is 1. The summed E-state index contributed by atoms with van der Waals surface area (Å²) in [5, 5.41) is 12.0. The van der Waals surface area contributed by atoms with Crippen LogP contribution >= 0.6 is 23.4 Å².